The van der Waals surface area contributed by atoms with Crippen molar-refractivity contribution < 1.29 is 23.8 Å². The molecule has 5 rings (SSSR count). The van der Waals surface area contributed by atoms with Gasteiger partial charge in [-0.1, -0.05) is 19.8 Å². The van der Waals surface area contributed by atoms with Crippen molar-refractivity contribution in [2.75, 3.05) is 19.8 Å². The van der Waals surface area contributed by atoms with Crippen LogP contribution in [0, 0.1) is 5.92 Å². The van der Waals surface area contributed by atoms with Gasteiger partial charge in [0.15, 0.2) is 11.5 Å². The van der Waals surface area contributed by atoms with Gasteiger partial charge in [0.1, 0.15) is 11.2 Å². The lowest BCUT2D eigenvalue weighted by Crippen LogP contribution is -2.65. The van der Waals surface area contributed by atoms with Gasteiger partial charge in [-0.05, 0) is 81.7 Å². The molecule has 1 aromatic carbocycles. The van der Waals surface area contributed by atoms with E-state index in [-0.39, 0.29) is 24.4 Å². The third-order valence-electron chi connectivity index (χ3n) is 8.28. The van der Waals surface area contributed by atoms with Crippen LogP contribution < -0.4 is 19.5 Å². The summed E-state index contributed by atoms with van der Waals surface area (Å²) >= 11 is 1.61. The molecule has 0 saturated heterocycles. The molecular formula is C31H41N3O5S. The van der Waals surface area contributed by atoms with Crippen LogP contribution in [0.15, 0.2) is 29.6 Å². The molecule has 0 unspecified atom stereocenters. The van der Waals surface area contributed by atoms with Gasteiger partial charge in [0, 0.05) is 12.6 Å². The van der Waals surface area contributed by atoms with E-state index in [0.717, 1.165) is 35.0 Å². The van der Waals surface area contributed by atoms with Gasteiger partial charge in [-0.3, -0.25) is 9.59 Å². The zero-order valence-corrected chi connectivity index (χ0v) is 25.1. The fourth-order valence-corrected chi connectivity index (χ4v) is 6.91. The predicted octanol–water partition coefficient (Wildman–Crippen LogP) is 6.01. The topological polar surface area (TPSA) is 82.0 Å². The van der Waals surface area contributed by atoms with Crippen LogP contribution in [0.4, 0.5) is 0 Å². The highest BCUT2D eigenvalue weighted by Gasteiger charge is 2.48. The Morgan fingerprint density at radius 3 is 2.38 bits per heavy atom. The summed E-state index contributed by atoms with van der Waals surface area (Å²) in [7, 11) is 0. The smallest absolute Gasteiger partial charge is 0.271 e. The molecular weight excluding hydrogens is 526 g/mol. The van der Waals surface area contributed by atoms with Crippen LogP contribution in [0.25, 0.3) is 10.2 Å². The molecule has 3 aromatic rings. The third kappa shape index (κ3) is 5.16. The summed E-state index contributed by atoms with van der Waals surface area (Å²) in [6.07, 6.45) is 4.38. The van der Waals surface area contributed by atoms with Crippen molar-refractivity contribution in [3.63, 3.8) is 0 Å². The van der Waals surface area contributed by atoms with Crippen molar-refractivity contribution in [2.45, 2.75) is 85.0 Å². The summed E-state index contributed by atoms with van der Waals surface area (Å²) in [5.41, 5.74) is 1.33. The van der Waals surface area contributed by atoms with Crippen LogP contribution in [0.1, 0.15) is 76.4 Å². The average molecular weight is 568 g/mol. The number of rotatable bonds is 10. The first kappa shape index (κ1) is 28.3. The van der Waals surface area contributed by atoms with Crippen LogP contribution in [-0.4, -0.2) is 52.7 Å². The second-order valence-electron chi connectivity index (χ2n) is 11.0. The van der Waals surface area contributed by atoms with E-state index in [2.05, 4.69) is 12.2 Å². The average Bonchev–Trinajstić information content (AvgIpc) is 3.52. The molecule has 0 bridgehead atoms. The van der Waals surface area contributed by atoms with E-state index in [1.807, 2.05) is 61.9 Å². The van der Waals surface area contributed by atoms with Crippen molar-refractivity contribution in [3.8, 4) is 17.2 Å². The highest BCUT2D eigenvalue weighted by molar-refractivity contribution is 7.17. The first-order chi connectivity index (χ1) is 19.3. The van der Waals surface area contributed by atoms with Gasteiger partial charge >= 0.3 is 0 Å². The molecule has 1 N–H and O–H groups in total. The van der Waals surface area contributed by atoms with Gasteiger partial charge in [-0.15, -0.1) is 11.3 Å². The third-order valence-corrected chi connectivity index (χ3v) is 9.13. The minimum atomic E-state index is -1.09. The Kier molecular flexibility index (Phi) is 8.31. The van der Waals surface area contributed by atoms with Gasteiger partial charge < -0.3 is 29.0 Å². The summed E-state index contributed by atoms with van der Waals surface area (Å²) in [6, 6.07) is 7.90. The molecule has 216 valence electrons. The molecule has 9 heteroatoms. The summed E-state index contributed by atoms with van der Waals surface area (Å²) in [6.45, 7) is 11.9. The molecule has 1 saturated carbocycles. The number of carbonyl (C=O) groups excluding carboxylic acids is 2. The molecule has 2 amide bonds. The molecule has 0 radical (unpaired) electrons. The Balaban J connectivity index is 1.55. The number of hydrogen-bond acceptors (Lipinski definition) is 6. The largest absolute Gasteiger partial charge is 0.490 e. The van der Waals surface area contributed by atoms with E-state index in [9.17, 15) is 9.59 Å². The Hall–Kier alpha value is -3.20. The number of ether oxygens (including phenoxy) is 3. The number of nitrogens with zero attached hydrogens (tertiary/aromatic N) is 2. The summed E-state index contributed by atoms with van der Waals surface area (Å²) in [5, 5.41) is 5.38. The van der Waals surface area contributed by atoms with E-state index >= 15 is 0 Å². The number of carbonyl (C=O) groups is 2. The van der Waals surface area contributed by atoms with E-state index < -0.39 is 5.54 Å². The second kappa shape index (κ2) is 11.7. The number of amides is 2. The Morgan fingerprint density at radius 1 is 1.05 bits per heavy atom. The summed E-state index contributed by atoms with van der Waals surface area (Å²) in [4.78, 5) is 30.1. The van der Waals surface area contributed by atoms with E-state index in [1.165, 1.54) is 6.42 Å². The van der Waals surface area contributed by atoms with Crippen molar-refractivity contribution >= 4 is 33.4 Å². The quantitative estimate of drug-likeness (QED) is 0.325. The fourth-order valence-electron chi connectivity index (χ4n) is 6.09. The molecule has 3 atom stereocenters. The number of hydrogen-bond donors (Lipinski definition) is 1. The summed E-state index contributed by atoms with van der Waals surface area (Å²) in [5.74, 6) is 1.84. The Bertz CT molecular complexity index is 1350. The lowest BCUT2D eigenvalue weighted by Gasteiger charge is -2.45. The van der Waals surface area contributed by atoms with Crippen LogP contribution >= 0.6 is 11.3 Å². The number of thiophene rings is 1. The van der Waals surface area contributed by atoms with Crippen molar-refractivity contribution in [2.24, 2.45) is 5.92 Å². The number of nitrogens with one attached hydrogen (secondary N) is 1. The van der Waals surface area contributed by atoms with Gasteiger partial charge in [-0.2, -0.15) is 0 Å². The number of aromatic nitrogens is 1. The van der Waals surface area contributed by atoms with Gasteiger partial charge in [0.05, 0.1) is 36.6 Å². The molecule has 8 nitrogen and oxygen atoms in total. The molecule has 40 heavy (non-hydrogen) atoms. The van der Waals surface area contributed by atoms with Crippen molar-refractivity contribution in [1.29, 1.82) is 0 Å². The monoisotopic (exact) mass is 567 g/mol. The highest BCUT2D eigenvalue weighted by atomic mass is 32.1. The van der Waals surface area contributed by atoms with Crippen LogP contribution in [0.2, 0.25) is 0 Å². The van der Waals surface area contributed by atoms with Crippen LogP contribution in [0.5, 0.6) is 17.2 Å². The molecule has 2 aromatic heterocycles. The lowest BCUT2D eigenvalue weighted by atomic mass is 9.85. The maximum absolute atomic E-state index is 14.2. The normalized spacial score (nSPS) is 22.7. The molecule has 0 spiro atoms. The molecule has 2 aliphatic rings. The van der Waals surface area contributed by atoms with Gasteiger partial charge in [0.25, 0.3) is 5.91 Å². The zero-order chi connectivity index (χ0) is 28.4. The van der Waals surface area contributed by atoms with E-state index in [0.29, 0.717) is 55.2 Å². The molecule has 1 aliphatic carbocycles. The van der Waals surface area contributed by atoms with Crippen LogP contribution in [0.3, 0.4) is 0 Å². The first-order valence-corrected chi connectivity index (χ1v) is 15.4. The van der Waals surface area contributed by atoms with E-state index in [4.69, 9.17) is 14.2 Å². The summed E-state index contributed by atoms with van der Waals surface area (Å²) < 4.78 is 20.8. The predicted molar refractivity (Wildman–Crippen MR) is 158 cm³/mol. The van der Waals surface area contributed by atoms with Crippen molar-refractivity contribution in [1.82, 2.24) is 14.8 Å². The van der Waals surface area contributed by atoms with E-state index in [1.54, 1.807) is 16.2 Å². The Morgan fingerprint density at radius 2 is 1.73 bits per heavy atom. The minimum absolute atomic E-state index is 0.108. The molecule has 1 fully saturated rings. The maximum Gasteiger partial charge on any atom is 0.271 e. The van der Waals surface area contributed by atoms with Gasteiger partial charge in [0.2, 0.25) is 11.7 Å². The SMILES string of the molecule is CCOc1cc(CN2C(=O)c3cc4sccc4n3C[C@]2(C)C(=O)N[C@@H]2CCCC[C@@H]2C)cc(OCC)c1OCC. The van der Waals surface area contributed by atoms with Crippen LogP contribution in [-0.2, 0) is 17.9 Å². The molecule has 1 aliphatic heterocycles. The minimum Gasteiger partial charge on any atom is -0.490 e. The zero-order valence-electron chi connectivity index (χ0n) is 24.2. The Labute approximate surface area is 240 Å². The standard InChI is InChI=1S/C31H41N3O5S/c1-6-37-25-15-21(16-26(38-7-2)28(25)39-8-3)18-34-29(35)24-17-27-23(13-14-40-27)33(24)19-31(34,5)30(36)32-22-12-10-9-11-20(22)4/h13-17,20,22H,6-12,18-19H2,1-5H3,(H,32,36)/t20-,22+,31+/m0/s1. The number of benzene rings is 1. The fraction of sp³-hybridized carbons (Fsp3) is 0.548. The lowest BCUT2D eigenvalue weighted by molar-refractivity contribution is -0.134. The number of fused-ring (bicyclic) bond motifs is 3. The second-order valence-corrected chi connectivity index (χ2v) is 12.0. The first-order valence-electron chi connectivity index (χ1n) is 14.6. The highest BCUT2D eigenvalue weighted by Crippen LogP contribution is 2.41. The van der Waals surface area contributed by atoms with Gasteiger partial charge in [-0.25, -0.2) is 0 Å². The molecule has 3 heterocycles. The van der Waals surface area contributed by atoms with Crippen molar-refractivity contribution in [3.05, 3.63) is 40.9 Å². The maximum atomic E-state index is 14.2.